The number of carbonyl (C=O) groups excluding carboxylic acids is 1. The fourth-order valence-corrected chi connectivity index (χ4v) is 3.07. The third-order valence-corrected chi connectivity index (χ3v) is 4.10. The zero-order valence-corrected chi connectivity index (χ0v) is 11.6. The van der Waals surface area contributed by atoms with Gasteiger partial charge < -0.3 is 10.8 Å². The second kappa shape index (κ2) is 5.20. The highest BCUT2D eigenvalue weighted by molar-refractivity contribution is 5.94. The Labute approximate surface area is 121 Å². The predicted octanol–water partition coefficient (Wildman–Crippen LogP) is 1.55. The van der Waals surface area contributed by atoms with Crippen molar-refractivity contribution in [1.82, 2.24) is 9.38 Å². The van der Waals surface area contributed by atoms with Crippen LogP contribution in [0.4, 0.5) is 0 Å². The van der Waals surface area contributed by atoms with Crippen molar-refractivity contribution in [2.75, 3.05) is 0 Å². The van der Waals surface area contributed by atoms with Gasteiger partial charge in [0, 0.05) is 12.1 Å². The van der Waals surface area contributed by atoms with Gasteiger partial charge in [0.05, 0.1) is 5.69 Å². The summed E-state index contributed by atoms with van der Waals surface area (Å²) in [6.45, 7) is 0. The van der Waals surface area contributed by atoms with Crippen LogP contribution in [0.15, 0.2) is 23.1 Å². The van der Waals surface area contributed by atoms with E-state index in [1.165, 1.54) is 22.7 Å². The minimum absolute atomic E-state index is 0.0509. The number of amides is 1. The fraction of sp³-hybridized carbons (Fsp3) is 0.400. The lowest BCUT2D eigenvalue weighted by molar-refractivity contribution is 0.0996. The zero-order valence-electron chi connectivity index (χ0n) is 11.6. The van der Waals surface area contributed by atoms with E-state index in [1.54, 1.807) is 0 Å². The molecule has 3 N–H and O–H groups in total. The molecule has 2 heterocycles. The molecule has 0 unspecified atom stereocenters. The molecule has 2 aromatic rings. The first-order valence-electron chi connectivity index (χ1n) is 7.13. The average molecular weight is 287 g/mol. The Morgan fingerprint density at radius 3 is 2.71 bits per heavy atom. The number of hydrogen-bond acceptors (Lipinski definition) is 4. The topological polar surface area (TPSA) is 97.7 Å². The molecule has 0 saturated heterocycles. The average Bonchev–Trinajstić information content (AvgIpc) is 2.48. The lowest BCUT2D eigenvalue weighted by atomic mass is 9.85. The summed E-state index contributed by atoms with van der Waals surface area (Å²) >= 11 is 0. The molecule has 0 aromatic carbocycles. The molecule has 1 aliphatic carbocycles. The van der Waals surface area contributed by atoms with Crippen LogP contribution < -0.4 is 11.3 Å². The molecule has 1 amide bonds. The number of nitrogens with two attached hydrogens (primary N) is 1. The van der Waals surface area contributed by atoms with Gasteiger partial charge >= 0.3 is 0 Å². The van der Waals surface area contributed by atoms with Crippen LogP contribution >= 0.6 is 0 Å². The molecule has 0 spiro atoms. The molecular formula is C15H17N3O3. The summed E-state index contributed by atoms with van der Waals surface area (Å²) < 4.78 is 1.17. The summed E-state index contributed by atoms with van der Waals surface area (Å²) in [6, 6.07) is 2.99. The van der Waals surface area contributed by atoms with Crippen molar-refractivity contribution in [1.29, 1.82) is 0 Å². The Bertz CT molecular complexity index is 761. The summed E-state index contributed by atoms with van der Waals surface area (Å²) in [5.41, 5.74) is 5.45. The molecule has 110 valence electrons. The van der Waals surface area contributed by atoms with Crippen molar-refractivity contribution in [2.45, 2.75) is 38.0 Å². The third-order valence-electron chi connectivity index (χ3n) is 4.10. The molecular weight excluding hydrogens is 270 g/mol. The highest BCUT2D eigenvalue weighted by Gasteiger charge is 2.26. The smallest absolute Gasteiger partial charge is 0.271 e. The van der Waals surface area contributed by atoms with Crippen LogP contribution in [0.5, 0.6) is 5.75 Å². The van der Waals surface area contributed by atoms with E-state index in [2.05, 4.69) is 4.98 Å². The summed E-state index contributed by atoms with van der Waals surface area (Å²) in [5, 5.41) is 9.91. The summed E-state index contributed by atoms with van der Waals surface area (Å²) in [6.07, 6.45) is 6.49. The second-order valence-electron chi connectivity index (χ2n) is 5.46. The Balaban J connectivity index is 2.30. The standard InChI is InChI=1S/C15H17N3O3/c16-13(20)11-12(9-5-2-1-3-6-9)17-14-10(19)7-4-8-18(14)15(11)21/h4,7-9,19H,1-3,5-6H2,(H2,16,20). The van der Waals surface area contributed by atoms with Crippen LogP contribution in [0.1, 0.15) is 54.1 Å². The molecule has 2 aromatic heterocycles. The minimum atomic E-state index is -0.759. The van der Waals surface area contributed by atoms with Crippen LogP contribution in [0.2, 0.25) is 0 Å². The number of hydrogen-bond donors (Lipinski definition) is 2. The lowest BCUT2D eigenvalue weighted by Gasteiger charge is -2.22. The van der Waals surface area contributed by atoms with Gasteiger partial charge in [-0.25, -0.2) is 4.98 Å². The van der Waals surface area contributed by atoms with Gasteiger partial charge in [-0.05, 0) is 25.0 Å². The van der Waals surface area contributed by atoms with E-state index in [9.17, 15) is 14.7 Å². The van der Waals surface area contributed by atoms with E-state index < -0.39 is 11.5 Å². The van der Waals surface area contributed by atoms with Crippen LogP contribution in [0.25, 0.3) is 5.65 Å². The van der Waals surface area contributed by atoms with Crippen LogP contribution in [-0.2, 0) is 0 Å². The first kappa shape index (κ1) is 13.6. The van der Waals surface area contributed by atoms with Crippen molar-refractivity contribution in [3.63, 3.8) is 0 Å². The first-order valence-corrected chi connectivity index (χ1v) is 7.13. The van der Waals surface area contributed by atoms with Crippen molar-refractivity contribution >= 4 is 11.6 Å². The lowest BCUT2D eigenvalue weighted by Crippen LogP contribution is -2.31. The molecule has 0 atom stereocenters. The van der Waals surface area contributed by atoms with Crippen molar-refractivity contribution in [3.8, 4) is 5.75 Å². The Kier molecular flexibility index (Phi) is 3.37. The quantitative estimate of drug-likeness (QED) is 0.875. The predicted molar refractivity (Wildman–Crippen MR) is 77.5 cm³/mol. The maximum atomic E-state index is 12.5. The van der Waals surface area contributed by atoms with E-state index in [0.717, 1.165) is 32.1 Å². The molecule has 1 aliphatic rings. The molecule has 3 rings (SSSR count). The number of pyridine rings is 1. The number of rotatable bonds is 2. The third kappa shape index (κ3) is 2.26. The molecule has 21 heavy (non-hydrogen) atoms. The highest BCUT2D eigenvalue weighted by Crippen LogP contribution is 2.33. The van der Waals surface area contributed by atoms with E-state index in [0.29, 0.717) is 5.69 Å². The van der Waals surface area contributed by atoms with Crippen LogP contribution in [0, 0.1) is 0 Å². The Morgan fingerprint density at radius 1 is 1.33 bits per heavy atom. The van der Waals surface area contributed by atoms with E-state index in [-0.39, 0.29) is 22.9 Å². The minimum Gasteiger partial charge on any atom is -0.504 e. The van der Waals surface area contributed by atoms with Gasteiger partial charge in [0.25, 0.3) is 11.5 Å². The number of nitrogens with zero attached hydrogens (tertiary/aromatic N) is 2. The van der Waals surface area contributed by atoms with Crippen LogP contribution in [0.3, 0.4) is 0 Å². The van der Waals surface area contributed by atoms with Gasteiger partial charge in [-0.3, -0.25) is 14.0 Å². The molecule has 0 radical (unpaired) electrons. The largest absolute Gasteiger partial charge is 0.504 e. The Morgan fingerprint density at radius 2 is 2.05 bits per heavy atom. The molecule has 0 aliphatic heterocycles. The first-order chi connectivity index (χ1) is 10.1. The van der Waals surface area contributed by atoms with Crippen LogP contribution in [-0.4, -0.2) is 20.4 Å². The van der Waals surface area contributed by atoms with Crippen molar-refractivity contribution in [3.05, 3.63) is 39.9 Å². The maximum absolute atomic E-state index is 12.5. The molecule has 0 bridgehead atoms. The molecule has 6 heteroatoms. The number of primary amides is 1. The number of aromatic hydroxyl groups is 1. The van der Waals surface area contributed by atoms with Gasteiger partial charge in [0.1, 0.15) is 5.56 Å². The monoisotopic (exact) mass is 287 g/mol. The summed E-state index contributed by atoms with van der Waals surface area (Å²) in [7, 11) is 0. The molecule has 1 saturated carbocycles. The van der Waals surface area contributed by atoms with E-state index >= 15 is 0 Å². The second-order valence-corrected chi connectivity index (χ2v) is 5.46. The number of carbonyl (C=O) groups is 1. The summed E-state index contributed by atoms with van der Waals surface area (Å²) in [4.78, 5) is 28.6. The maximum Gasteiger partial charge on any atom is 0.271 e. The fourth-order valence-electron chi connectivity index (χ4n) is 3.07. The van der Waals surface area contributed by atoms with E-state index in [1.807, 2.05) is 0 Å². The molecule has 6 nitrogen and oxygen atoms in total. The Hall–Kier alpha value is -2.37. The highest BCUT2D eigenvalue weighted by atomic mass is 16.3. The SMILES string of the molecule is NC(=O)c1c(C2CCCCC2)nc2c(O)cccn2c1=O. The summed E-state index contributed by atoms with van der Waals surface area (Å²) in [5.74, 6) is -0.785. The van der Waals surface area contributed by atoms with Gasteiger partial charge in [-0.15, -0.1) is 0 Å². The van der Waals surface area contributed by atoms with E-state index in [4.69, 9.17) is 5.73 Å². The van der Waals surface area contributed by atoms with Crippen molar-refractivity contribution in [2.24, 2.45) is 5.73 Å². The van der Waals surface area contributed by atoms with Gasteiger partial charge in [-0.2, -0.15) is 0 Å². The van der Waals surface area contributed by atoms with Gasteiger partial charge in [0.2, 0.25) is 0 Å². The van der Waals surface area contributed by atoms with Gasteiger partial charge in [-0.1, -0.05) is 19.3 Å². The zero-order chi connectivity index (χ0) is 15.0. The normalized spacial score (nSPS) is 16.2. The number of aromatic nitrogens is 2. The number of fused-ring (bicyclic) bond motifs is 1. The van der Waals surface area contributed by atoms with Gasteiger partial charge in [0.15, 0.2) is 11.4 Å². The molecule has 1 fully saturated rings. The van der Waals surface area contributed by atoms with Crippen molar-refractivity contribution < 1.29 is 9.90 Å².